The monoisotopic (exact) mass is 226 g/mol. The van der Waals surface area contributed by atoms with Crippen LogP contribution in [0, 0.1) is 19.8 Å². The van der Waals surface area contributed by atoms with Gasteiger partial charge >= 0.3 is 0 Å². The second-order valence-corrected chi connectivity index (χ2v) is 5.79. The van der Waals surface area contributed by atoms with E-state index in [0.29, 0.717) is 0 Å². The Labute approximate surface area is 102 Å². The molecular formula is C15H18N2. The van der Waals surface area contributed by atoms with E-state index >= 15 is 0 Å². The average molecular weight is 226 g/mol. The van der Waals surface area contributed by atoms with Crippen LogP contribution in [0.1, 0.15) is 42.1 Å². The molecule has 1 fully saturated rings. The minimum absolute atomic E-state index is 0.769. The van der Waals surface area contributed by atoms with Crippen LogP contribution in [0.5, 0.6) is 0 Å². The number of hydrogen-bond acceptors (Lipinski definition) is 1. The van der Waals surface area contributed by atoms with Crippen LogP contribution in [0.3, 0.4) is 0 Å². The van der Waals surface area contributed by atoms with Crippen molar-refractivity contribution < 1.29 is 0 Å². The Kier molecular flexibility index (Phi) is 1.78. The highest BCUT2D eigenvalue weighted by Crippen LogP contribution is 2.52. The van der Waals surface area contributed by atoms with Crippen molar-refractivity contribution in [3.05, 3.63) is 29.1 Å². The lowest BCUT2D eigenvalue weighted by Gasteiger charge is -2.06. The van der Waals surface area contributed by atoms with Crippen LogP contribution >= 0.6 is 0 Å². The van der Waals surface area contributed by atoms with E-state index in [2.05, 4.69) is 30.5 Å². The molecule has 1 aliphatic heterocycles. The van der Waals surface area contributed by atoms with Crippen LogP contribution in [0.4, 0.5) is 0 Å². The maximum atomic E-state index is 4.90. The van der Waals surface area contributed by atoms with E-state index in [1.54, 1.807) is 0 Å². The molecule has 2 atom stereocenters. The minimum Gasteiger partial charge on any atom is -0.328 e. The number of imidazole rings is 1. The third-order valence-electron chi connectivity index (χ3n) is 4.60. The molecule has 0 bridgehead atoms. The van der Waals surface area contributed by atoms with Crippen LogP contribution < -0.4 is 0 Å². The van der Waals surface area contributed by atoms with Crippen molar-refractivity contribution in [2.75, 3.05) is 0 Å². The molecule has 17 heavy (non-hydrogen) atoms. The fourth-order valence-corrected chi connectivity index (χ4v) is 3.31. The Morgan fingerprint density at radius 3 is 2.94 bits per heavy atom. The van der Waals surface area contributed by atoms with Crippen molar-refractivity contribution in [3.63, 3.8) is 0 Å². The molecule has 2 nitrogen and oxygen atoms in total. The summed E-state index contributed by atoms with van der Waals surface area (Å²) >= 11 is 0. The molecule has 2 aliphatic rings. The second-order valence-electron chi connectivity index (χ2n) is 5.79. The molecule has 2 unspecified atom stereocenters. The largest absolute Gasteiger partial charge is 0.328 e. The maximum Gasteiger partial charge on any atom is 0.113 e. The Bertz CT molecular complexity index is 609. The van der Waals surface area contributed by atoms with Gasteiger partial charge in [-0.3, -0.25) is 0 Å². The first-order valence-electron chi connectivity index (χ1n) is 6.71. The summed E-state index contributed by atoms with van der Waals surface area (Å²) in [7, 11) is 0. The highest BCUT2D eigenvalue weighted by atomic mass is 15.1. The van der Waals surface area contributed by atoms with Gasteiger partial charge in [0.15, 0.2) is 0 Å². The summed E-state index contributed by atoms with van der Waals surface area (Å²) < 4.78 is 2.49. The summed E-state index contributed by atoms with van der Waals surface area (Å²) in [5.41, 5.74) is 5.31. The van der Waals surface area contributed by atoms with Crippen LogP contribution in [-0.4, -0.2) is 9.55 Å². The van der Waals surface area contributed by atoms with Crippen LogP contribution in [0.2, 0.25) is 0 Å². The van der Waals surface area contributed by atoms with Gasteiger partial charge in [0, 0.05) is 12.5 Å². The van der Waals surface area contributed by atoms with Crippen molar-refractivity contribution >= 4 is 11.0 Å². The van der Waals surface area contributed by atoms with Gasteiger partial charge in [-0.25, -0.2) is 4.98 Å². The summed E-state index contributed by atoms with van der Waals surface area (Å²) in [5.74, 6) is 3.08. The topological polar surface area (TPSA) is 17.8 Å². The van der Waals surface area contributed by atoms with Crippen LogP contribution in [0.15, 0.2) is 12.1 Å². The quantitative estimate of drug-likeness (QED) is 0.671. The van der Waals surface area contributed by atoms with Crippen molar-refractivity contribution in [2.45, 2.75) is 45.6 Å². The third-order valence-corrected chi connectivity index (χ3v) is 4.60. The van der Waals surface area contributed by atoms with Crippen LogP contribution in [-0.2, 0) is 6.54 Å². The van der Waals surface area contributed by atoms with Gasteiger partial charge in [0.2, 0.25) is 0 Å². The van der Waals surface area contributed by atoms with Gasteiger partial charge in [-0.15, -0.1) is 0 Å². The molecule has 2 heteroatoms. The molecule has 2 aromatic rings. The number of rotatable bonds is 0. The fourth-order valence-electron chi connectivity index (χ4n) is 3.31. The number of aryl methyl sites for hydroxylation is 3. The lowest BCUT2D eigenvalue weighted by molar-refractivity contribution is 0.609. The lowest BCUT2D eigenvalue weighted by Crippen LogP contribution is -2.01. The van der Waals surface area contributed by atoms with Gasteiger partial charge in [-0.2, -0.15) is 0 Å². The third kappa shape index (κ3) is 1.30. The number of fused-ring (bicyclic) bond motifs is 5. The zero-order valence-corrected chi connectivity index (χ0v) is 10.5. The van der Waals surface area contributed by atoms with Gasteiger partial charge in [-0.05, 0) is 62.3 Å². The summed E-state index contributed by atoms with van der Waals surface area (Å²) in [6.07, 6.45) is 4.11. The standard InChI is InChI=1S/C15H18N2/c1-9-6-13-14(7-10(9)2)17-5-3-4-11-8-12(11)15(17)16-13/h6-7,11-12H,3-5,8H2,1-2H3. The normalized spacial score (nSPS) is 26.5. The van der Waals surface area contributed by atoms with Gasteiger partial charge < -0.3 is 4.57 Å². The van der Waals surface area contributed by atoms with Crippen LogP contribution in [0.25, 0.3) is 11.0 Å². The number of benzene rings is 1. The first-order valence-corrected chi connectivity index (χ1v) is 6.71. The van der Waals surface area contributed by atoms with E-state index in [-0.39, 0.29) is 0 Å². The Morgan fingerprint density at radius 2 is 2.06 bits per heavy atom. The van der Waals surface area contributed by atoms with Gasteiger partial charge in [0.25, 0.3) is 0 Å². The van der Waals surface area contributed by atoms with E-state index in [9.17, 15) is 0 Å². The zero-order chi connectivity index (χ0) is 11.6. The van der Waals surface area contributed by atoms with Crippen molar-refractivity contribution in [1.29, 1.82) is 0 Å². The predicted octanol–water partition coefficient (Wildman–Crippen LogP) is 3.55. The van der Waals surface area contributed by atoms with E-state index in [0.717, 1.165) is 11.8 Å². The molecule has 0 saturated heterocycles. The fraction of sp³-hybridized carbons (Fsp3) is 0.533. The molecule has 0 N–H and O–H groups in total. The van der Waals surface area contributed by atoms with E-state index in [4.69, 9.17) is 4.98 Å². The minimum atomic E-state index is 0.769. The summed E-state index contributed by atoms with van der Waals surface area (Å²) in [5, 5.41) is 0. The van der Waals surface area contributed by atoms with Gasteiger partial charge in [0.1, 0.15) is 5.82 Å². The molecule has 1 aliphatic carbocycles. The average Bonchev–Trinajstić information content (AvgIpc) is 3.00. The molecule has 0 amide bonds. The molecule has 0 spiro atoms. The Hall–Kier alpha value is -1.31. The molecule has 1 aromatic heterocycles. The first-order chi connectivity index (χ1) is 8.24. The number of aromatic nitrogens is 2. The molecule has 0 radical (unpaired) electrons. The highest BCUT2D eigenvalue weighted by Gasteiger charge is 2.42. The predicted molar refractivity (Wildman–Crippen MR) is 69.3 cm³/mol. The van der Waals surface area contributed by atoms with E-state index in [1.807, 2.05) is 0 Å². The van der Waals surface area contributed by atoms with E-state index in [1.165, 1.54) is 53.8 Å². The Balaban J connectivity index is 2.00. The van der Waals surface area contributed by atoms with E-state index < -0.39 is 0 Å². The second kappa shape index (κ2) is 3.12. The lowest BCUT2D eigenvalue weighted by atomic mass is 10.1. The highest BCUT2D eigenvalue weighted by molar-refractivity contribution is 5.78. The van der Waals surface area contributed by atoms with Gasteiger partial charge in [0.05, 0.1) is 11.0 Å². The molecule has 2 heterocycles. The number of nitrogens with zero attached hydrogens (tertiary/aromatic N) is 2. The van der Waals surface area contributed by atoms with Crippen molar-refractivity contribution in [1.82, 2.24) is 9.55 Å². The maximum absolute atomic E-state index is 4.90. The summed E-state index contributed by atoms with van der Waals surface area (Å²) in [4.78, 5) is 4.90. The molecule has 88 valence electrons. The zero-order valence-electron chi connectivity index (χ0n) is 10.5. The smallest absolute Gasteiger partial charge is 0.113 e. The van der Waals surface area contributed by atoms with Crippen molar-refractivity contribution in [2.24, 2.45) is 5.92 Å². The molecule has 1 saturated carbocycles. The SMILES string of the molecule is Cc1cc2nc3n(c2cc1C)CCCC1CC31. The summed E-state index contributed by atoms with van der Waals surface area (Å²) in [6, 6.07) is 4.58. The van der Waals surface area contributed by atoms with Gasteiger partial charge in [-0.1, -0.05) is 0 Å². The molecule has 4 rings (SSSR count). The Morgan fingerprint density at radius 1 is 1.24 bits per heavy atom. The molecular weight excluding hydrogens is 208 g/mol. The first kappa shape index (κ1) is 9.69. The van der Waals surface area contributed by atoms with Crippen molar-refractivity contribution in [3.8, 4) is 0 Å². The number of hydrogen-bond donors (Lipinski definition) is 0. The molecule has 1 aromatic carbocycles. The summed E-state index contributed by atoms with van der Waals surface area (Å²) in [6.45, 7) is 5.55.